The van der Waals surface area contributed by atoms with Gasteiger partial charge in [0.05, 0.1) is 46.0 Å². The van der Waals surface area contributed by atoms with Gasteiger partial charge in [0.15, 0.2) is 23.0 Å². The van der Waals surface area contributed by atoms with Crippen molar-refractivity contribution in [3.05, 3.63) is 54.9 Å². The number of benzene rings is 1. The summed E-state index contributed by atoms with van der Waals surface area (Å²) in [5.41, 5.74) is 2.41. The van der Waals surface area contributed by atoms with E-state index in [1.54, 1.807) is 40.0 Å². The minimum atomic E-state index is 0.520. The zero-order valence-corrected chi connectivity index (χ0v) is 15.8. The van der Waals surface area contributed by atoms with Gasteiger partial charge in [-0.2, -0.15) is 0 Å². The maximum absolute atomic E-state index is 5.46. The molecule has 0 atom stereocenters. The van der Waals surface area contributed by atoms with Gasteiger partial charge in [0, 0.05) is 18.0 Å². The van der Waals surface area contributed by atoms with Crippen molar-refractivity contribution in [3.63, 3.8) is 0 Å². The molecule has 1 aromatic carbocycles. The zero-order chi connectivity index (χ0) is 19.5. The molecule has 8 nitrogen and oxygen atoms in total. The standard InChI is InChI=1S/C20H20N4O4/c1-25-16-9-13(10-17(26-2)18(16)27-3)15-12-23-19(20-21-6-7-24(15)20)22-11-14-5-4-8-28-14/h4-10,12H,11H2,1-3H3,(H,22,23). The van der Waals surface area contributed by atoms with Gasteiger partial charge >= 0.3 is 0 Å². The van der Waals surface area contributed by atoms with Gasteiger partial charge in [0.2, 0.25) is 5.75 Å². The normalized spacial score (nSPS) is 10.8. The number of ether oxygens (including phenoxy) is 3. The maximum Gasteiger partial charge on any atom is 0.203 e. The lowest BCUT2D eigenvalue weighted by Crippen LogP contribution is -2.05. The second kappa shape index (κ2) is 7.51. The van der Waals surface area contributed by atoms with Crippen molar-refractivity contribution in [3.8, 4) is 28.5 Å². The molecule has 0 fully saturated rings. The summed E-state index contributed by atoms with van der Waals surface area (Å²) >= 11 is 0. The molecule has 3 heterocycles. The Morgan fingerprint density at radius 3 is 2.50 bits per heavy atom. The summed E-state index contributed by atoms with van der Waals surface area (Å²) < 4.78 is 23.6. The summed E-state index contributed by atoms with van der Waals surface area (Å²) in [4.78, 5) is 9.00. The molecule has 4 rings (SSSR count). The van der Waals surface area contributed by atoms with E-state index in [1.165, 1.54) is 0 Å². The largest absolute Gasteiger partial charge is 0.493 e. The topological polar surface area (TPSA) is 83.1 Å². The fourth-order valence-electron chi connectivity index (χ4n) is 3.07. The third-order valence-electron chi connectivity index (χ3n) is 4.40. The first-order valence-corrected chi connectivity index (χ1v) is 8.64. The fraction of sp³-hybridized carbons (Fsp3) is 0.200. The number of aromatic nitrogens is 3. The van der Waals surface area contributed by atoms with Gasteiger partial charge in [0.1, 0.15) is 5.76 Å². The number of nitrogens with one attached hydrogen (secondary N) is 1. The van der Waals surface area contributed by atoms with Crippen LogP contribution in [0, 0.1) is 0 Å². The lowest BCUT2D eigenvalue weighted by Gasteiger charge is -2.15. The summed E-state index contributed by atoms with van der Waals surface area (Å²) in [6.45, 7) is 0.520. The van der Waals surface area contributed by atoms with E-state index in [1.807, 2.05) is 34.9 Å². The smallest absolute Gasteiger partial charge is 0.203 e. The van der Waals surface area contributed by atoms with Crippen LogP contribution in [-0.2, 0) is 6.54 Å². The summed E-state index contributed by atoms with van der Waals surface area (Å²) in [6.07, 6.45) is 7.03. The van der Waals surface area contributed by atoms with Crippen LogP contribution in [0.5, 0.6) is 17.2 Å². The first-order valence-electron chi connectivity index (χ1n) is 8.64. The van der Waals surface area contributed by atoms with Gasteiger partial charge in [-0.05, 0) is 24.3 Å². The fourth-order valence-corrected chi connectivity index (χ4v) is 3.07. The number of fused-ring (bicyclic) bond motifs is 1. The lowest BCUT2D eigenvalue weighted by atomic mass is 10.1. The van der Waals surface area contributed by atoms with E-state index in [0.717, 1.165) is 17.0 Å². The number of methoxy groups -OCH3 is 3. The molecular weight excluding hydrogens is 360 g/mol. The van der Waals surface area contributed by atoms with Crippen molar-refractivity contribution in [1.82, 2.24) is 14.4 Å². The Labute approximate surface area is 161 Å². The van der Waals surface area contributed by atoms with Crippen molar-refractivity contribution >= 4 is 11.5 Å². The number of hydrogen-bond acceptors (Lipinski definition) is 7. The number of anilines is 1. The number of hydrogen-bond donors (Lipinski definition) is 1. The molecule has 0 amide bonds. The molecule has 0 saturated heterocycles. The van der Waals surface area contributed by atoms with Gasteiger partial charge in [-0.1, -0.05) is 0 Å². The Hall–Kier alpha value is -3.68. The van der Waals surface area contributed by atoms with Gasteiger partial charge in [-0.15, -0.1) is 0 Å². The highest BCUT2D eigenvalue weighted by atomic mass is 16.5. The first kappa shape index (κ1) is 17.7. The summed E-state index contributed by atoms with van der Waals surface area (Å²) in [6, 6.07) is 7.52. The maximum atomic E-state index is 5.46. The van der Waals surface area contributed by atoms with E-state index >= 15 is 0 Å². The van der Waals surface area contributed by atoms with Crippen molar-refractivity contribution in [2.45, 2.75) is 6.54 Å². The van der Waals surface area contributed by atoms with Gasteiger partial charge in [-0.3, -0.25) is 4.40 Å². The highest BCUT2D eigenvalue weighted by molar-refractivity contribution is 5.73. The minimum Gasteiger partial charge on any atom is -0.493 e. The van der Waals surface area contributed by atoms with Gasteiger partial charge < -0.3 is 23.9 Å². The lowest BCUT2D eigenvalue weighted by molar-refractivity contribution is 0.324. The van der Waals surface area contributed by atoms with Gasteiger partial charge in [-0.25, -0.2) is 9.97 Å². The molecule has 0 aliphatic rings. The van der Waals surface area contributed by atoms with Crippen LogP contribution in [0.25, 0.3) is 16.9 Å². The van der Waals surface area contributed by atoms with Gasteiger partial charge in [0.25, 0.3) is 0 Å². The molecule has 144 valence electrons. The highest BCUT2D eigenvalue weighted by Gasteiger charge is 2.17. The molecule has 4 aromatic rings. The average molecular weight is 380 g/mol. The van der Waals surface area contributed by atoms with Crippen LogP contribution in [0.15, 0.2) is 53.5 Å². The van der Waals surface area contributed by atoms with Crippen LogP contribution >= 0.6 is 0 Å². The molecule has 8 heteroatoms. The molecule has 0 bridgehead atoms. The monoisotopic (exact) mass is 380 g/mol. The molecule has 0 aliphatic carbocycles. The Kier molecular flexibility index (Phi) is 4.76. The van der Waals surface area contributed by atoms with Crippen LogP contribution in [0.2, 0.25) is 0 Å². The molecular formula is C20H20N4O4. The number of furan rings is 1. The molecule has 0 aliphatic heterocycles. The van der Waals surface area contributed by atoms with Crippen molar-refractivity contribution in [1.29, 1.82) is 0 Å². The number of nitrogens with zero attached hydrogens (tertiary/aromatic N) is 3. The average Bonchev–Trinajstić information content (AvgIpc) is 3.42. The second-order valence-electron chi connectivity index (χ2n) is 5.96. The van der Waals surface area contributed by atoms with Crippen molar-refractivity contribution < 1.29 is 18.6 Å². The quantitative estimate of drug-likeness (QED) is 0.524. The van der Waals surface area contributed by atoms with E-state index in [0.29, 0.717) is 35.3 Å². The van der Waals surface area contributed by atoms with E-state index in [9.17, 15) is 0 Å². The Morgan fingerprint density at radius 1 is 1.07 bits per heavy atom. The van der Waals surface area contributed by atoms with Crippen LogP contribution in [0.3, 0.4) is 0 Å². The molecule has 0 unspecified atom stereocenters. The molecule has 0 saturated carbocycles. The predicted octanol–water partition coefficient (Wildman–Crippen LogP) is 3.63. The third-order valence-corrected chi connectivity index (χ3v) is 4.40. The highest BCUT2D eigenvalue weighted by Crippen LogP contribution is 2.41. The van der Waals surface area contributed by atoms with E-state index in [4.69, 9.17) is 18.6 Å². The van der Waals surface area contributed by atoms with Crippen molar-refractivity contribution in [2.24, 2.45) is 0 Å². The van der Waals surface area contributed by atoms with E-state index in [2.05, 4.69) is 15.3 Å². The van der Waals surface area contributed by atoms with Crippen LogP contribution in [-0.4, -0.2) is 35.7 Å². The minimum absolute atomic E-state index is 0.520. The first-order chi connectivity index (χ1) is 13.7. The second-order valence-corrected chi connectivity index (χ2v) is 5.96. The van der Waals surface area contributed by atoms with E-state index in [-0.39, 0.29) is 0 Å². The summed E-state index contributed by atoms with van der Waals surface area (Å²) in [5, 5.41) is 3.26. The van der Waals surface area contributed by atoms with Crippen LogP contribution in [0.4, 0.5) is 5.82 Å². The molecule has 3 aromatic heterocycles. The molecule has 28 heavy (non-hydrogen) atoms. The van der Waals surface area contributed by atoms with Crippen molar-refractivity contribution in [2.75, 3.05) is 26.6 Å². The molecule has 1 N–H and O–H groups in total. The predicted molar refractivity (Wildman–Crippen MR) is 104 cm³/mol. The number of rotatable bonds is 7. The summed E-state index contributed by atoms with van der Waals surface area (Å²) in [7, 11) is 4.76. The Morgan fingerprint density at radius 2 is 1.86 bits per heavy atom. The number of imidazole rings is 1. The zero-order valence-electron chi connectivity index (χ0n) is 15.8. The third kappa shape index (κ3) is 3.09. The van der Waals surface area contributed by atoms with Crippen LogP contribution < -0.4 is 19.5 Å². The Bertz CT molecular complexity index is 1060. The SMILES string of the molecule is COc1cc(-c2cnc(NCc3ccco3)c3nccn23)cc(OC)c1OC. The molecule has 0 spiro atoms. The molecule has 0 radical (unpaired) electrons. The van der Waals surface area contributed by atoms with E-state index < -0.39 is 0 Å². The summed E-state index contributed by atoms with van der Waals surface area (Å²) in [5.74, 6) is 3.17. The Balaban J connectivity index is 1.76. The van der Waals surface area contributed by atoms with Crippen LogP contribution in [0.1, 0.15) is 5.76 Å².